The number of thiol groups is 1. The number of aliphatic hydroxyl groups is 1. The first-order valence-electron chi connectivity index (χ1n) is 8.41. The average molecular weight is 393 g/mol. The van der Waals surface area contributed by atoms with E-state index >= 15 is 0 Å². The van der Waals surface area contributed by atoms with Crippen molar-refractivity contribution in [3.8, 4) is 0 Å². The smallest absolute Gasteiger partial charge is 0.0927 e. The molecule has 0 aromatic rings. The molecule has 3 aliphatic rings. The van der Waals surface area contributed by atoms with Crippen molar-refractivity contribution in [3.63, 3.8) is 0 Å². The lowest BCUT2D eigenvalue weighted by atomic mass is 9.75. The predicted molar refractivity (Wildman–Crippen MR) is 109 cm³/mol. The molecule has 2 aliphatic carbocycles. The Morgan fingerprint density at radius 2 is 2.04 bits per heavy atom. The van der Waals surface area contributed by atoms with Gasteiger partial charge in [-0.25, -0.2) is 0 Å². The number of ether oxygens (including phenoxy) is 1. The number of aliphatic hydroxyl groups excluding tert-OH is 1. The van der Waals surface area contributed by atoms with Crippen LogP contribution in [0.15, 0.2) is 11.1 Å². The maximum atomic E-state index is 11.1. The maximum absolute atomic E-state index is 11.1. The zero-order valence-electron chi connectivity index (χ0n) is 14.2. The second-order valence-corrected chi connectivity index (χ2v) is 11.8. The molecule has 1 saturated heterocycles. The molecule has 4 atom stereocenters. The maximum Gasteiger partial charge on any atom is 0.0927 e. The summed E-state index contributed by atoms with van der Waals surface area (Å²) in [6, 6.07) is 0. The van der Waals surface area contributed by atoms with Gasteiger partial charge < -0.3 is 9.84 Å². The fourth-order valence-corrected chi connectivity index (χ4v) is 9.73. The highest BCUT2D eigenvalue weighted by molar-refractivity contribution is 8.21. The molecule has 1 N–H and O–H groups in total. The monoisotopic (exact) mass is 392 g/mol. The summed E-state index contributed by atoms with van der Waals surface area (Å²) in [5, 5.41) is 11.6. The Balaban J connectivity index is 2.02. The van der Waals surface area contributed by atoms with Crippen molar-refractivity contribution in [2.45, 2.75) is 54.6 Å². The fraction of sp³-hybridized carbons (Fsp3) is 0.882. The normalized spacial score (nSPS) is 39.8. The van der Waals surface area contributed by atoms with Crippen molar-refractivity contribution < 1.29 is 9.84 Å². The van der Waals surface area contributed by atoms with Crippen LogP contribution in [0.1, 0.15) is 33.1 Å². The Bertz CT molecular complexity index is 475. The lowest BCUT2D eigenvalue weighted by Crippen LogP contribution is -2.47. The molecule has 0 aromatic heterocycles. The van der Waals surface area contributed by atoms with Crippen LogP contribution in [0.2, 0.25) is 0 Å². The van der Waals surface area contributed by atoms with Crippen LogP contribution >= 0.6 is 47.9 Å². The van der Waals surface area contributed by atoms with Crippen LogP contribution in [0.4, 0.5) is 0 Å². The quantitative estimate of drug-likeness (QED) is 0.556. The molecule has 6 heteroatoms. The Morgan fingerprint density at radius 3 is 2.65 bits per heavy atom. The molecule has 1 aliphatic heterocycles. The summed E-state index contributed by atoms with van der Waals surface area (Å²) in [7, 11) is 1.83. The highest BCUT2D eigenvalue weighted by atomic mass is 32.2. The number of methoxy groups -OCH3 is 1. The second kappa shape index (κ2) is 7.36. The minimum absolute atomic E-state index is 0.0982. The summed E-state index contributed by atoms with van der Waals surface area (Å²) >= 11 is 10.5. The molecule has 3 rings (SSSR count). The van der Waals surface area contributed by atoms with Gasteiger partial charge in [-0.1, -0.05) is 18.1 Å². The van der Waals surface area contributed by atoms with E-state index in [4.69, 9.17) is 4.74 Å². The molecular formula is C17H28O2S4. The first-order chi connectivity index (χ1) is 11.0. The summed E-state index contributed by atoms with van der Waals surface area (Å²) in [6.45, 7) is 4.56. The third-order valence-electron chi connectivity index (χ3n) is 5.79. The highest BCUT2D eigenvalue weighted by Crippen LogP contribution is 2.66. The van der Waals surface area contributed by atoms with Gasteiger partial charge in [-0.15, -0.1) is 23.5 Å². The van der Waals surface area contributed by atoms with Crippen molar-refractivity contribution in [3.05, 3.63) is 11.1 Å². The zero-order chi connectivity index (χ0) is 16.7. The molecule has 1 spiro atoms. The van der Waals surface area contributed by atoms with Gasteiger partial charge in [0.25, 0.3) is 0 Å². The van der Waals surface area contributed by atoms with Crippen LogP contribution in [-0.2, 0) is 4.74 Å². The third-order valence-corrected chi connectivity index (χ3v) is 11.2. The van der Waals surface area contributed by atoms with Gasteiger partial charge in [-0.2, -0.15) is 24.4 Å². The Labute approximate surface area is 158 Å². The van der Waals surface area contributed by atoms with Crippen LogP contribution in [0.3, 0.4) is 0 Å². The van der Waals surface area contributed by atoms with E-state index in [1.165, 1.54) is 22.7 Å². The molecule has 0 aromatic carbocycles. The van der Waals surface area contributed by atoms with Crippen molar-refractivity contribution in [2.75, 3.05) is 30.1 Å². The summed E-state index contributed by atoms with van der Waals surface area (Å²) in [6.07, 6.45) is 2.79. The van der Waals surface area contributed by atoms with E-state index < -0.39 is 0 Å². The highest BCUT2D eigenvalue weighted by Gasteiger charge is 2.63. The van der Waals surface area contributed by atoms with Gasteiger partial charge in [0.05, 0.1) is 16.3 Å². The molecular weight excluding hydrogens is 364 g/mol. The first kappa shape index (κ1) is 18.8. The lowest BCUT2D eigenvalue weighted by molar-refractivity contribution is -0.0442. The molecule has 2 fully saturated rings. The Kier molecular flexibility index (Phi) is 6.02. The molecule has 1 heterocycles. The number of hydrogen-bond acceptors (Lipinski definition) is 6. The van der Waals surface area contributed by atoms with Crippen molar-refractivity contribution in [1.29, 1.82) is 0 Å². The van der Waals surface area contributed by atoms with E-state index in [0.717, 1.165) is 30.8 Å². The molecule has 23 heavy (non-hydrogen) atoms. The summed E-state index contributed by atoms with van der Waals surface area (Å²) in [5.74, 6) is 4.38. The van der Waals surface area contributed by atoms with Gasteiger partial charge in [-0.05, 0) is 31.9 Å². The minimum atomic E-state index is -0.305. The molecule has 0 amide bonds. The topological polar surface area (TPSA) is 29.5 Å². The van der Waals surface area contributed by atoms with E-state index in [2.05, 4.69) is 50.0 Å². The first-order valence-corrected chi connectivity index (χ1v) is 12.1. The molecule has 0 bridgehead atoms. The standard InChI is InChI=1S/C17H28O2S4/c1-11-12-10-17(22-8-9-23-17)15(19-3)16(12,2)14(18)5-4-13(11)21-7-6-20/h13-15,18,20H,4-10H2,1-3H3/t13?,14-,15-,16+/m0/s1. The Hall–Kier alpha value is 1.06. The van der Waals surface area contributed by atoms with Crippen LogP contribution in [-0.4, -0.2) is 56.8 Å². The van der Waals surface area contributed by atoms with Crippen molar-refractivity contribution in [2.24, 2.45) is 5.41 Å². The molecule has 1 unspecified atom stereocenters. The predicted octanol–water partition coefficient (Wildman–Crippen LogP) is 4.09. The summed E-state index contributed by atoms with van der Waals surface area (Å²) in [5.41, 5.74) is 2.75. The van der Waals surface area contributed by atoms with Crippen LogP contribution in [0.5, 0.6) is 0 Å². The lowest BCUT2D eigenvalue weighted by Gasteiger charge is -2.40. The Morgan fingerprint density at radius 1 is 1.35 bits per heavy atom. The second-order valence-electron chi connectivity index (χ2n) is 6.92. The molecule has 132 valence electrons. The van der Waals surface area contributed by atoms with E-state index in [1.54, 1.807) is 0 Å². The number of hydrogen-bond donors (Lipinski definition) is 2. The van der Waals surface area contributed by atoms with Crippen molar-refractivity contribution >= 4 is 47.9 Å². The molecule has 2 nitrogen and oxygen atoms in total. The third kappa shape index (κ3) is 3.03. The van der Waals surface area contributed by atoms with Gasteiger partial charge in [0, 0.05) is 35.0 Å². The number of fused-ring (bicyclic) bond motifs is 1. The largest absolute Gasteiger partial charge is 0.392 e. The SMILES string of the molecule is CO[C@@H]1C2(CC3=C(C)C(SCCS)CC[C@H](O)[C@@]31C)SCCS2. The zero-order valence-corrected chi connectivity index (χ0v) is 17.6. The van der Waals surface area contributed by atoms with Crippen LogP contribution < -0.4 is 0 Å². The van der Waals surface area contributed by atoms with E-state index in [-0.39, 0.29) is 21.7 Å². The van der Waals surface area contributed by atoms with Crippen LogP contribution in [0, 0.1) is 5.41 Å². The summed E-state index contributed by atoms with van der Waals surface area (Å²) in [4.78, 5) is 0. The number of rotatable bonds is 4. The van der Waals surface area contributed by atoms with Gasteiger partial charge in [0.2, 0.25) is 0 Å². The van der Waals surface area contributed by atoms with Gasteiger partial charge >= 0.3 is 0 Å². The van der Waals surface area contributed by atoms with Gasteiger partial charge in [0.15, 0.2) is 0 Å². The number of thioether (sulfide) groups is 3. The average Bonchev–Trinajstić information content (AvgIpc) is 3.08. The van der Waals surface area contributed by atoms with E-state index in [1.807, 2.05) is 18.9 Å². The molecule has 0 radical (unpaired) electrons. The minimum Gasteiger partial charge on any atom is -0.392 e. The van der Waals surface area contributed by atoms with Gasteiger partial charge in [0.1, 0.15) is 0 Å². The van der Waals surface area contributed by atoms with E-state index in [9.17, 15) is 5.11 Å². The van der Waals surface area contributed by atoms with Crippen molar-refractivity contribution in [1.82, 2.24) is 0 Å². The van der Waals surface area contributed by atoms with Gasteiger partial charge in [-0.3, -0.25) is 0 Å². The molecule has 1 saturated carbocycles. The van der Waals surface area contributed by atoms with Crippen LogP contribution in [0.25, 0.3) is 0 Å². The fourth-order valence-electron chi connectivity index (χ4n) is 4.66. The van der Waals surface area contributed by atoms with E-state index in [0.29, 0.717) is 5.25 Å². The summed E-state index contributed by atoms with van der Waals surface area (Å²) < 4.78 is 6.17.